The quantitative estimate of drug-likeness (QED) is 0.910. The van der Waals surface area contributed by atoms with Gasteiger partial charge in [0.25, 0.3) is 11.8 Å². The van der Waals surface area contributed by atoms with E-state index >= 15 is 0 Å². The van der Waals surface area contributed by atoms with E-state index in [4.69, 9.17) is 0 Å². The third-order valence-electron chi connectivity index (χ3n) is 4.89. The molecule has 0 atom stereocenters. The standard InChI is InChI=1S/C21H25N3O2/c1-5-23-19(25)17-12-24(20(26)15-8-6-14(2)7-9-15)13-21(3,4)18-11-22-10-16(17)18/h6-10,12H,5,11,13H2,1-4H3,(H,23,25). The minimum absolute atomic E-state index is 0.0991. The summed E-state index contributed by atoms with van der Waals surface area (Å²) in [5.74, 6) is -0.272. The molecule has 0 unspecified atom stereocenters. The summed E-state index contributed by atoms with van der Waals surface area (Å²) in [5, 5.41) is 2.85. The molecular weight excluding hydrogens is 326 g/mol. The molecule has 5 heteroatoms. The number of nitrogens with one attached hydrogen (secondary N) is 1. The van der Waals surface area contributed by atoms with Crippen molar-refractivity contribution in [2.75, 3.05) is 19.6 Å². The Labute approximate surface area is 154 Å². The molecule has 1 aromatic rings. The van der Waals surface area contributed by atoms with E-state index in [1.54, 1.807) is 17.3 Å². The number of likely N-dealkylation sites (N-methyl/N-ethyl adjacent to an activating group) is 1. The Morgan fingerprint density at radius 1 is 1.23 bits per heavy atom. The SMILES string of the molecule is CCNC(=O)C1=CN(C(=O)c2ccc(C)cc2)CC(C)(C)C2=C1C=NC2. The molecule has 136 valence electrons. The van der Waals surface area contributed by atoms with E-state index < -0.39 is 0 Å². The lowest BCUT2D eigenvalue weighted by atomic mass is 9.81. The number of hydrogen-bond acceptors (Lipinski definition) is 3. The average molecular weight is 351 g/mol. The molecule has 0 saturated heterocycles. The summed E-state index contributed by atoms with van der Waals surface area (Å²) < 4.78 is 0. The molecule has 2 aliphatic rings. The Kier molecular flexibility index (Phi) is 4.81. The van der Waals surface area contributed by atoms with Gasteiger partial charge in [0.1, 0.15) is 0 Å². The van der Waals surface area contributed by atoms with Crippen LogP contribution < -0.4 is 5.32 Å². The molecule has 2 aliphatic heterocycles. The summed E-state index contributed by atoms with van der Waals surface area (Å²) in [5.41, 5.74) is 3.92. The van der Waals surface area contributed by atoms with Crippen molar-refractivity contribution in [3.63, 3.8) is 0 Å². The number of carbonyl (C=O) groups is 2. The van der Waals surface area contributed by atoms with Crippen LogP contribution in [0.2, 0.25) is 0 Å². The third-order valence-corrected chi connectivity index (χ3v) is 4.89. The van der Waals surface area contributed by atoms with Crippen molar-refractivity contribution in [2.45, 2.75) is 27.7 Å². The maximum absolute atomic E-state index is 13.1. The van der Waals surface area contributed by atoms with Crippen LogP contribution in [-0.2, 0) is 4.79 Å². The summed E-state index contributed by atoms with van der Waals surface area (Å²) >= 11 is 0. The molecule has 2 amide bonds. The normalized spacial score (nSPS) is 18.3. The van der Waals surface area contributed by atoms with E-state index in [-0.39, 0.29) is 17.2 Å². The van der Waals surface area contributed by atoms with Gasteiger partial charge >= 0.3 is 0 Å². The first kappa shape index (κ1) is 18.1. The van der Waals surface area contributed by atoms with Gasteiger partial charge < -0.3 is 10.2 Å². The van der Waals surface area contributed by atoms with Crippen molar-refractivity contribution in [1.82, 2.24) is 10.2 Å². The highest BCUT2D eigenvalue weighted by molar-refractivity contribution is 6.08. The van der Waals surface area contributed by atoms with Crippen molar-refractivity contribution >= 4 is 18.0 Å². The van der Waals surface area contributed by atoms with Gasteiger partial charge in [0.15, 0.2) is 0 Å². The van der Waals surface area contributed by atoms with Gasteiger partial charge in [-0.1, -0.05) is 31.5 Å². The van der Waals surface area contributed by atoms with Crippen LogP contribution in [0, 0.1) is 12.3 Å². The summed E-state index contributed by atoms with van der Waals surface area (Å²) in [6, 6.07) is 7.51. The second kappa shape index (κ2) is 6.90. The van der Waals surface area contributed by atoms with Crippen LogP contribution in [0.5, 0.6) is 0 Å². The van der Waals surface area contributed by atoms with E-state index in [0.717, 1.165) is 16.7 Å². The second-order valence-corrected chi connectivity index (χ2v) is 7.45. The molecule has 2 heterocycles. The lowest BCUT2D eigenvalue weighted by Crippen LogP contribution is -2.36. The van der Waals surface area contributed by atoms with Gasteiger partial charge in [0.05, 0.1) is 12.1 Å². The maximum atomic E-state index is 13.1. The van der Waals surface area contributed by atoms with Gasteiger partial charge in [0.2, 0.25) is 0 Å². The number of carbonyl (C=O) groups excluding carboxylic acids is 2. The highest BCUT2D eigenvalue weighted by Crippen LogP contribution is 2.37. The molecule has 0 spiro atoms. The largest absolute Gasteiger partial charge is 0.352 e. The van der Waals surface area contributed by atoms with Crippen molar-refractivity contribution in [3.05, 3.63) is 58.3 Å². The fourth-order valence-electron chi connectivity index (χ4n) is 3.42. The van der Waals surface area contributed by atoms with Crippen LogP contribution in [0.1, 0.15) is 36.7 Å². The molecule has 1 aromatic carbocycles. The van der Waals surface area contributed by atoms with E-state index in [0.29, 0.717) is 30.8 Å². The first-order valence-electron chi connectivity index (χ1n) is 8.95. The minimum atomic E-state index is -0.267. The topological polar surface area (TPSA) is 61.8 Å². The van der Waals surface area contributed by atoms with Crippen LogP contribution in [0.15, 0.2) is 52.2 Å². The fourth-order valence-corrected chi connectivity index (χ4v) is 3.42. The maximum Gasteiger partial charge on any atom is 0.257 e. The van der Waals surface area contributed by atoms with Gasteiger partial charge in [-0.15, -0.1) is 0 Å². The molecule has 0 radical (unpaired) electrons. The Morgan fingerprint density at radius 3 is 2.58 bits per heavy atom. The molecule has 0 saturated carbocycles. The van der Waals surface area contributed by atoms with Crippen LogP contribution in [0.25, 0.3) is 0 Å². The van der Waals surface area contributed by atoms with Gasteiger partial charge in [-0.05, 0) is 31.6 Å². The molecule has 0 aliphatic carbocycles. The Bertz CT molecular complexity index is 829. The number of amides is 2. The highest BCUT2D eigenvalue weighted by Gasteiger charge is 2.36. The smallest absolute Gasteiger partial charge is 0.257 e. The Hall–Kier alpha value is -2.69. The highest BCUT2D eigenvalue weighted by atomic mass is 16.2. The molecule has 1 N–H and O–H groups in total. The van der Waals surface area contributed by atoms with Gasteiger partial charge in [-0.2, -0.15) is 0 Å². The summed E-state index contributed by atoms with van der Waals surface area (Å²) in [7, 11) is 0. The van der Waals surface area contributed by atoms with Crippen LogP contribution in [-0.4, -0.2) is 42.6 Å². The summed E-state index contributed by atoms with van der Waals surface area (Å²) in [6.07, 6.45) is 3.45. The van der Waals surface area contributed by atoms with Crippen molar-refractivity contribution in [3.8, 4) is 0 Å². The molecule has 26 heavy (non-hydrogen) atoms. The fraction of sp³-hybridized carbons (Fsp3) is 0.381. The third kappa shape index (κ3) is 3.34. The van der Waals surface area contributed by atoms with E-state index in [1.807, 2.05) is 38.1 Å². The van der Waals surface area contributed by atoms with Gasteiger partial charge in [0, 0.05) is 42.1 Å². The Morgan fingerprint density at radius 2 is 1.92 bits per heavy atom. The minimum Gasteiger partial charge on any atom is -0.352 e. The number of benzene rings is 1. The number of nitrogens with zero attached hydrogens (tertiary/aromatic N) is 2. The number of hydrogen-bond donors (Lipinski definition) is 1. The number of rotatable bonds is 3. The zero-order valence-electron chi connectivity index (χ0n) is 15.8. The van der Waals surface area contributed by atoms with Crippen molar-refractivity contribution < 1.29 is 9.59 Å². The molecule has 0 fully saturated rings. The molecular formula is C21H25N3O2. The van der Waals surface area contributed by atoms with Gasteiger partial charge in [-0.3, -0.25) is 14.6 Å². The Balaban J connectivity index is 2.04. The monoisotopic (exact) mass is 351 g/mol. The number of aliphatic imine (C=N–C) groups is 1. The second-order valence-electron chi connectivity index (χ2n) is 7.45. The van der Waals surface area contributed by atoms with E-state index in [1.165, 1.54) is 0 Å². The average Bonchev–Trinajstić information content (AvgIpc) is 3.05. The predicted octanol–water partition coefficient (Wildman–Crippen LogP) is 2.88. The van der Waals surface area contributed by atoms with Crippen LogP contribution in [0.4, 0.5) is 0 Å². The van der Waals surface area contributed by atoms with Crippen molar-refractivity contribution in [2.24, 2.45) is 10.4 Å². The van der Waals surface area contributed by atoms with Crippen LogP contribution >= 0.6 is 0 Å². The molecule has 0 aromatic heterocycles. The number of aryl methyl sites for hydroxylation is 1. The van der Waals surface area contributed by atoms with E-state index in [9.17, 15) is 9.59 Å². The van der Waals surface area contributed by atoms with Crippen LogP contribution in [0.3, 0.4) is 0 Å². The zero-order valence-corrected chi connectivity index (χ0v) is 15.8. The van der Waals surface area contributed by atoms with Gasteiger partial charge in [-0.25, -0.2) is 0 Å². The summed E-state index contributed by atoms with van der Waals surface area (Å²) in [4.78, 5) is 31.8. The lowest BCUT2D eigenvalue weighted by molar-refractivity contribution is -0.117. The van der Waals surface area contributed by atoms with E-state index in [2.05, 4.69) is 24.2 Å². The summed E-state index contributed by atoms with van der Waals surface area (Å²) in [6.45, 7) is 9.68. The lowest BCUT2D eigenvalue weighted by Gasteiger charge is -2.30. The molecule has 3 rings (SSSR count). The molecule has 0 bridgehead atoms. The first-order chi connectivity index (χ1) is 12.3. The predicted molar refractivity (Wildman–Crippen MR) is 103 cm³/mol. The zero-order chi connectivity index (χ0) is 18.9. The first-order valence-corrected chi connectivity index (χ1v) is 8.95. The molecule has 5 nitrogen and oxygen atoms in total. The van der Waals surface area contributed by atoms with Crippen molar-refractivity contribution in [1.29, 1.82) is 0 Å².